The van der Waals surface area contributed by atoms with Crippen LogP contribution in [0, 0.1) is 17.8 Å². The fourth-order valence-electron chi connectivity index (χ4n) is 4.76. The lowest BCUT2D eigenvalue weighted by atomic mass is 9.76. The summed E-state index contributed by atoms with van der Waals surface area (Å²) in [6.07, 6.45) is 3.47. The molecule has 0 radical (unpaired) electrons. The predicted octanol–water partition coefficient (Wildman–Crippen LogP) is 5.52. The summed E-state index contributed by atoms with van der Waals surface area (Å²) in [6.45, 7) is 8.63. The van der Waals surface area contributed by atoms with Crippen LogP contribution in [0.15, 0.2) is 48.5 Å². The Balaban J connectivity index is 1.51. The number of hydrogen-bond donors (Lipinski definition) is 0. The third kappa shape index (κ3) is 4.08. The molecule has 3 atom stereocenters. The Morgan fingerprint density at radius 3 is 2.41 bits per heavy atom. The molecule has 2 aromatic rings. The third-order valence-corrected chi connectivity index (χ3v) is 7.26. The Bertz CT molecular complexity index is 1040. The molecule has 2 aromatic carbocycles. The van der Waals surface area contributed by atoms with Gasteiger partial charge in [0.05, 0.1) is 23.1 Å². The number of carbonyl (C=O) groups excluding carboxylic acids is 3. The van der Waals surface area contributed by atoms with Crippen LogP contribution in [0.2, 0.25) is 0 Å². The summed E-state index contributed by atoms with van der Waals surface area (Å²) in [6, 6.07) is 14.2. The normalized spacial score (nSPS) is 23.2. The van der Waals surface area contributed by atoms with Crippen molar-refractivity contribution in [2.24, 2.45) is 17.8 Å². The average Bonchev–Trinajstić information content (AvgIpc) is 3.03. The summed E-state index contributed by atoms with van der Waals surface area (Å²) in [5.41, 5.74) is 1.99. The number of carbonyl (C=O) groups is 3. The summed E-state index contributed by atoms with van der Waals surface area (Å²) < 4.78 is 5.55. The number of esters is 1. The summed E-state index contributed by atoms with van der Waals surface area (Å²) in [5.74, 6) is -0.377. The summed E-state index contributed by atoms with van der Waals surface area (Å²) in [4.78, 5) is 40.0. The molecule has 1 saturated heterocycles. The second kappa shape index (κ2) is 8.53. The van der Waals surface area contributed by atoms with E-state index in [1.165, 1.54) is 10.5 Å². The lowest BCUT2D eigenvalue weighted by molar-refractivity contribution is -0.122. The number of imide groups is 1. The van der Waals surface area contributed by atoms with E-state index < -0.39 is 5.97 Å². The second-order valence-electron chi connectivity index (χ2n) is 9.84. The molecule has 5 nitrogen and oxygen atoms in total. The number of benzene rings is 2. The Morgan fingerprint density at radius 2 is 1.72 bits per heavy atom. The third-order valence-electron chi connectivity index (χ3n) is 7.26. The first kappa shape index (κ1) is 22.3. The number of rotatable bonds is 5. The van der Waals surface area contributed by atoms with E-state index >= 15 is 0 Å². The fraction of sp³-hybridized carbons (Fsp3) is 0.444. The molecule has 0 N–H and O–H groups in total. The van der Waals surface area contributed by atoms with Crippen molar-refractivity contribution in [3.05, 3.63) is 59.7 Å². The smallest absolute Gasteiger partial charge is 0.343 e. The highest BCUT2D eigenvalue weighted by Gasteiger charge is 2.50. The van der Waals surface area contributed by atoms with Crippen LogP contribution in [0.5, 0.6) is 5.75 Å². The monoisotopic (exact) mass is 433 g/mol. The number of hydrogen-bond acceptors (Lipinski definition) is 4. The van der Waals surface area contributed by atoms with Crippen molar-refractivity contribution in [1.29, 1.82) is 0 Å². The molecule has 0 unspecified atom stereocenters. The van der Waals surface area contributed by atoms with Gasteiger partial charge >= 0.3 is 5.97 Å². The lowest BCUT2D eigenvalue weighted by Gasteiger charge is -2.25. The molecule has 2 aliphatic rings. The van der Waals surface area contributed by atoms with Crippen molar-refractivity contribution in [2.45, 2.75) is 58.8 Å². The molecule has 168 valence electrons. The van der Waals surface area contributed by atoms with Gasteiger partial charge in [0.15, 0.2) is 0 Å². The Labute approximate surface area is 189 Å². The summed E-state index contributed by atoms with van der Waals surface area (Å²) >= 11 is 0. The molecule has 5 heteroatoms. The summed E-state index contributed by atoms with van der Waals surface area (Å²) in [5, 5.41) is 0. The molecule has 2 amide bonds. The number of fused-ring (bicyclic) bond motifs is 1. The number of ether oxygens (including phenoxy) is 1. The molecule has 1 heterocycles. The van der Waals surface area contributed by atoms with E-state index in [0.717, 1.165) is 25.7 Å². The molecular formula is C27H31NO4. The van der Waals surface area contributed by atoms with Gasteiger partial charge in [-0.05, 0) is 72.9 Å². The molecule has 2 fully saturated rings. The zero-order valence-corrected chi connectivity index (χ0v) is 19.3. The van der Waals surface area contributed by atoms with Crippen molar-refractivity contribution in [3.63, 3.8) is 0 Å². The largest absolute Gasteiger partial charge is 0.423 e. The minimum Gasteiger partial charge on any atom is -0.423 e. The van der Waals surface area contributed by atoms with Gasteiger partial charge in [0.1, 0.15) is 5.75 Å². The molecular weight excluding hydrogens is 402 g/mol. The van der Waals surface area contributed by atoms with E-state index in [2.05, 4.69) is 27.7 Å². The van der Waals surface area contributed by atoms with Crippen LogP contribution in [-0.4, -0.2) is 17.8 Å². The van der Waals surface area contributed by atoms with Crippen molar-refractivity contribution in [3.8, 4) is 5.75 Å². The highest BCUT2D eigenvalue weighted by molar-refractivity contribution is 6.22. The van der Waals surface area contributed by atoms with E-state index in [1.54, 1.807) is 36.4 Å². The Kier molecular flexibility index (Phi) is 5.93. The predicted molar refractivity (Wildman–Crippen MR) is 124 cm³/mol. The van der Waals surface area contributed by atoms with Gasteiger partial charge in [-0.2, -0.15) is 0 Å². The lowest BCUT2D eigenvalue weighted by Crippen LogP contribution is -2.31. The zero-order chi connectivity index (χ0) is 23.0. The van der Waals surface area contributed by atoms with Gasteiger partial charge in [-0.3, -0.25) is 14.5 Å². The van der Waals surface area contributed by atoms with Gasteiger partial charge in [0, 0.05) is 0 Å². The van der Waals surface area contributed by atoms with Crippen LogP contribution in [0.4, 0.5) is 5.69 Å². The van der Waals surface area contributed by atoms with E-state index in [1.807, 2.05) is 12.1 Å². The molecule has 1 saturated carbocycles. The number of nitrogens with zero attached hydrogens (tertiary/aromatic N) is 1. The molecule has 32 heavy (non-hydrogen) atoms. The zero-order valence-electron chi connectivity index (χ0n) is 19.3. The van der Waals surface area contributed by atoms with Crippen LogP contribution in [0.3, 0.4) is 0 Å². The summed E-state index contributed by atoms with van der Waals surface area (Å²) in [7, 11) is 0. The van der Waals surface area contributed by atoms with Gasteiger partial charge < -0.3 is 4.74 Å². The van der Waals surface area contributed by atoms with Crippen molar-refractivity contribution >= 4 is 23.5 Å². The van der Waals surface area contributed by atoms with E-state index in [9.17, 15) is 14.4 Å². The first-order chi connectivity index (χ1) is 15.2. The van der Waals surface area contributed by atoms with Crippen LogP contribution in [0.25, 0.3) is 0 Å². The minimum absolute atomic E-state index is 0.0562. The Morgan fingerprint density at radius 1 is 1.03 bits per heavy atom. The van der Waals surface area contributed by atoms with E-state index in [-0.39, 0.29) is 29.1 Å². The maximum atomic E-state index is 13.0. The van der Waals surface area contributed by atoms with Crippen LogP contribution in [0.1, 0.15) is 69.3 Å². The average molecular weight is 434 g/mol. The highest BCUT2D eigenvalue weighted by Crippen LogP contribution is 2.42. The maximum Gasteiger partial charge on any atom is 0.343 e. The van der Waals surface area contributed by atoms with Gasteiger partial charge in [0.2, 0.25) is 11.8 Å². The number of anilines is 1. The molecule has 4 rings (SSSR count). The second-order valence-corrected chi connectivity index (χ2v) is 9.84. The maximum absolute atomic E-state index is 13.0. The first-order valence-corrected chi connectivity index (χ1v) is 11.5. The SMILES string of the molecule is CCC(C)(C)c1ccc(OC(=O)c2cccc(N3C(=O)[C@H]4CC[C@@H](C)C[C@@H]4C3=O)c2)cc1. The van der Waals surface area contributed by atoms with Crippen LogP contribution < -0.4 is 9.64 Å². The molecule has 0 aromatic heterocycles. The van der Waals surface area contributed by atoms with Crippen molar-refractivity contribution in [2.75, 3.05) is 4.90 Å². The molecule has 0 bridgehead atoms. The fourth-order valence-corrected chi connectivity index (χ4v) is 4.76. The van der Waals surface area contributed by atoms with Gasteiger partial charge in [0.25, 0.3) is 0 Å². The van der Waals surface area contributed by atoms with E-state index in [0.29, 0.717) is 22.9 Å². The minimum atomic E-state index is -0.514. The van der Waals surface area contributed by atoms with Crippen LogP contribution >= 0.6 is 0 Å². The van der Waals surface area contributed by atoms with Gasteiger partial charge in [-0.25, -0.2) is 4.79 Å². The molecule has 1 aliphatic carbocycles. The van der Waals surface area contributed by atoms with Gasteiger partial charge in [-0.1, -0.05) is 45.9 Å². The number of amides is 2. The van der Waals surface area contributed by atoms with E-state index in [4.69, 9.17) is 4.74 Å². The molecule has 0 spiro atoms. The van der Waals surface area contributed by atoms with Gasteiger partial charge in [-0.15, -0.1) is 0 Å². The first-order valence-electron chi connectivity index (χ1n) is 11.5. The topological polar surface area (TPSA) is 63.7 Å². The quantitative estimate of drug-likeness (QED) is 0.354. The molecule has 1 aliphatic heterocycles. The Hall–Kier alpha value is -2.95. The standard InChI is InChI=1S/C27H31NO4/c1-5-27(3,4)19-10-12-21(13-11-19)32-26(31)18-7-6-8-20(16-18)28-24(29)22-14-9-17(2)15-23(22)25(28)30/h6-8,10-13,16-17,22-23H,5,9,14-15H2,1-4H3/t17-,22+,23+/m1/s1. The van der Waals surface area contributed by atoms with Crippen LogP contribution in [-0.2, 0) is 15.0 Å². The van der Waals surface area contributed by atoms with Crippen molar-refractivity contribution in [1.82, 2.24) is 0 Å². The van der Waals surface area contributed by atoms with Crippen molar-refractivity contribution < 1.29 is 19.1 Å². The highest BCUT2D eigenvalue weighted by atomic mass is 16.5.